The summed E-state index contributed by atoms with van der Waals surface area (Å²) in [5, 5.41) is 10.1. The quantitative estimate of drug-likeness (QED) is 0.892. The summed E-state index contributed by atoms with van der Waals surface area (Å²) < 4.78 is 25.9. The molecule has 0 aliphatic heterocycles. The molecule has 0 spiro atoms. The first-order valence-electron chi connectivity index (χ1n) is 5.98. The monoisotopic (exact) mass is 277 g/mol. The van der Waals surface area contributed by atoms with Gasteiger partial charge >= 0.3 is 0 Å². The Kier molecular flexibility index (Phi) is 5.50. The van der Waals surface area contributed by atoms with Gasteiger partial charge in [-0.15, -0.1) is 12.4 Å². The maximum Gasteiger partial charge on any atom is 0.159 e. The lowest BCUT2D eigenvalue weighted by atomic mass is 9.91. The van der Waals surface area contributed by atoms with E-state index in [2.05, 4.69) is 0 Å². The molecule has 1 fully saturated rings. The third-order valence-electron chi connectivity index (χ3n) is 3.58. The summed E-state index contributed by atoms with van der Waals surface area (Å²) in [5.74, 6) is -1.63. The van der Waals surface area contributed by atoms with Crippen LogP contribution in [0.2, 0.25) is 0 Å². The van der Waals surface area contributed by atoms with Crippen LogP contribution in [0.5, 0.6) is 0 Å². The van der Waals surface area contributed by atoms with Gasteiger partial charge in [0.2, 0.25) is 0 Å². The minimum Gasteiger partial charge on any atom is -0.391 e. The van der Waals surface area contributed by atoms with Gasteiger partial charge in [-0.2, -0.15) is 0 Å². The number of aliphatic hydroxyl groups excluding tert-OH is 1. The largest absolute Gasteiger partial charge is 0.391 e. The minimum atomic E-state index is -0.920. The molecule has 102 valence electrons. The highest BCUT2D eigenvalue weighted by molar-refractivity contribution is 5.85. The fourth-order valence-corrected chi connectivity index (χ4v) is 2.51. The molecule has 2 nitrogen and oxygen atoms in total. The van der Waals surface area contributed by atoms with Crippen LogP contribution in [0.1, 0.15) is 37.3 Å². The summed E-state index contributed by atoms with van der Waals surface area (Å²) in [5.41, 5.74) is 6.35. The van der Waals surface area contributed by atoms with E-state index in [1.165, 1.54) is 6.07 Å². The second-order valence-corrected chi connectivity index (χ2v) is 4.73. The van der Waals surface area contributed by atoms with E-state index < -0.39 is 23.8 Å². The fourth-order valence-electron chi connectivity index (χ4n) is 2.51. The summed E-state index contributed by atoms with van der Waals surface area (Å²) in [6, 6.07) is 2.90. The SMILES string of the molecule is Cl.N[C@@H](c1ccc(F)c(F)c1)[C@H](O)C1CCCC1. The molecule has 0 bridgehead atoms. The maximum atomic E-state index is 13.1. The van der Waals surface area contributed by atoms with E-state index in [9.17, 15) is 13.9 Å². The van der Waals surface area contributed by atoms with Crippen molar-refractivity contribution in [2.24, 2.45) is 11.7 Å². The molecule has 5 heteroatoms. The molecular weight excluding hydrogens is 260 g/mol. The Morgan fingerprint density at radius 3 is 2.33 bits per heavy atom. The lowest BCUT2D eigenvalue weighted by molar-refractivity contribution is 0.0843. The van der Waals surface area contributed by atoms with Crippen molar-refractivity contribution < 1.29 is 13.9 Å². The zero-order valence-electron chi connectivity index (χ0n) is 9.98. The smallest absolute Gasteiger partial charge is 0.159 e. The molecule has 1 aromatic carbocycles. The topological polar surface area (TPSA) is 46.2 Å². The number of nitrogens with two attached hydrogens (primary N) is 1. The molecule has 0 heterocycles. The molecule has 0 unspecified atom stereocenters. The lowest BCUT2D eigenvalue weighted by Crippen LogP contribution is -2.32. The third-order valence-corrected chi connectivity index (χ3v) is 3.58. The number of aliphatic hydroxyl groups is 1. The van der Waals surface area contributed by atoms with Gasteiger partial charge in [-0.1, -0.05) is 18.9 Å². The van der Waals surface area contributed by atoms with Crippen molar-refractivity contribution in [1.82, 2.24) is 0 Å². The predicted molar refractivity (Wildman–Crippen MR) is 68.5 cm³/mol. The van der Waals surface area contributed by atoms with Crippen molar-refractivity contribution in [2.75, 3.05) is 0 Å². The van der Waals surface area contributed by atoms with E-state index in [4.69, 9.17) is 5.73 Å². The van der Waals surface area contributed by atoms with Crippen LogP contribution in [-0.2, 0) is 0 Å². The molecule has 0 saturated heterocycles. The van der Waals surface area contributed by atoms with Crippen molar-refractivity contribution in [1.29, 1.82) is 0 Å². The molecule has 1 saturated carbocycles. The van der Waals surface area contributed by atoms with Crippen molar-refractivity contribution >= 4 is 12.4 Å². The highest BCUT2D eigenvalue weighted by atomic mass is 35.5. The average Bonchev–Trinajstić information content (AvgIpc) is 2.84. The highest BCUT2D eigenvalue weighted by Gasteiger charge is 2.29. The van der Waals surface area contributed by atoms with E-state index in [0.717, 1.165) is 37.8 Å². The van der Waals surface area contributed by atoms with Crippen LogP contribution in [0.15, 0.2) is 18.2 Å². The van der Waals surface area contributed by atoms with Gasteiger partial charge in [-0.05, 0) is 36.5 Å². The molecular formula is C13H18ClF2NO. The van der Waals surface area contributed by atoms with Crippen molar-refractivity contribution in [3.8, 4) is 0 Å². The molecule has 1 aliphatic carbocycles. The van der Waals surface area contributed by atoms with Crippen LogP contribution in [0.4, 0.5) is 8.78 Å². The number of hydrogen-bond acceptors (Lipinski definition) is 2. The fraction of sp³-hybridized carbons (Fsp3) is 0.538. The minimum absolute atomic E-state index is 0. The molecule has 0 aromatic heterocycles. The third kappa shape index (κ3) is 3.19. The van der Waals surface area contributed by atoms with Crippen LogP contribution >= 0.6 is 12.4 Å². The summed E-state index contributed by atoms with van der Waals surface area (Å²) >= 11 is 0. The molecule has 3 N–H and O–H groups in total. The van der Waals surface area contributed by atoms with Gasteiger partial charge < -0.3 is 10.8 Å². The van der Waals surface area contributed by atoms with E-state index in [1.807, 2.05) is 0 Å². The predicted octanol–water partition coefficient (Wildman–Crippen LogP) is 2.94. The number of benzene rings is 1. The zero-order valence-corrected chi connectivity index (χ0v) is 10.8. The first-order valence-corrected chi connectivity index (χ1v) is 5.98. The van der Waals surface area contributed by atoms with Crippen molar-refractivity contribution in [3.63, 3.8) is 0 Å². The molecule has 18 heavy (non-hydrogen) atoms. The van der Waals surface area contributed by atoms with Gasteiger partial charge in [0.05, 0.1) is 12.1 Å². The van der Waals surface area contributed by atoms with E-state index >= 15 is 0 Å². The van der Waals surface area contributed by atoms with Gasteiger partial charge in [0.1, 0.15) is 0 Å². The molecule has 2 rings (SSSR count). The number of rotatable bonds is 3. The average molecular weight is 278 g/mol. The van der Waals surface area contributed by atoms with Gasteiger partial charge in [0, 0.05) is 0 Å². The lowest BCUT2D eigenvalue weighted by Gasteiger charge is -2.24. The van der Waals surface area contributed by atoms with Crippen LogP contribution < -0.4 is 5.73 Å². The number of halogens is 3. The molecule has 2 atom stereocenters. The van der Waals surface area contributed by atoms with Gasteiger partial charge in [-0.3, -0.25) is 0 Å². The maximum absolute atomic E-state index is 13.1. The van der Waals surface area contributed by atoms with Gasteiger partial charge in [0.15, 0.2) is 11.6 Å². The summed E-state index contributed by atoms with van der Waals surface area (Å²) in [6.07, 6.45) is 3.44. The molecule has 0 amide bonds. The zero-order chi connectivity index (χ0) is 12.4. The Balaban J connectivity index is 0.00000162. The first-order chi connectivity index (χ1) is 8.09. The number of hydrogen-bond donors (Lipinski definition) is 2. The van der Waals surface area contributed by atoms with Crippen LogP contribution in [0.3, 0.4) is 0 Å². The Bertz CT molecular complexity index is 397. The van der Waals surface area contributed by atoms with Crippen molar-refractivity contribution in [3.05, 3.63) is 35.4 Å². The summed E-state index contributed by atoms with van der Waals surface area (Å²) in [4.78, 5) is 0. The van der Waals surface area contributed by atoms with E-state index in [1.54, 1.807) is 0 Å². The normalized spacial score (nSPS) is 19.3. The van der Waals surface area contributed by atoms with Crippen molar-refractivity contribution in [2.45, 2.75) is 37.8 Å². The summed E-state index contributed by atoms with van der Waals surface area (Å²) in [7, 11) is 0. The second-order valence-electron chi connectivity index (χ2n) is 4.73. The van der Waals surface area contributed by atoms with E-state index in [0.29, 0.717) is 5.56 Å². The Labute approximate surface area is 112 Å². The van der Waals surface area contributed by atoms with Crippen LogP contribution in [-0.4, -0.2) is 11.2 Å². The van der Waals surface area contributed by atoms with Crippen LogP contribution in [0, 0.1) is 17.6 Å². The molecule has 1 aliphatic rings. The highest BCUT2D eigenvalue weighted by Crippen LogP contribution is 2.32. The Hall–Kier alpha value is -0.710. The van der Waals surface area contributed by atoms with E-state index in [-0.39, 0.29) is 18.3 Å². The molecule has 0 radical (unpaired) electrons. The Morgan fingerprint density at radius 2 is 1.78 bits per heavy atom. The standard InChI is InChI=1S/C13H17F2NO.ClH/c14-10-6-5-9(7-11(10)15)12(16)13(17)8-3-1-2-4-8;/h5-8,12-13,17H,1-4,16H2;1H/t12-,13+;/m0./s1. The molecule has 1 aromatic rings. The Morgan fingerprint density at radius 1 is 1.17 bits per heavy atom. The first kappa shape index (κ1) is 15.3. The second kappa shape index (κ2) is 6.45. The summed E-state index contributed by atoms with van der Waals surface area (Å²) in [6.45, 7) is 0. The van der Waals surface area contributed by atoms with Gasteiger partial charge in [-0.25, -0.2) is 8.78 Å². The van der Waals surface area contributed by atoms with Crippen LogP contribution in [0.25, 0.3) is 0 Å². The van der Waals surface area contributed by atoms with Gasteiger partial charge in [0.25, 0.3) is 0 Å².